The summed E-state index contributed by atoms with van der Waals surface area (Å²) in [6, 6.07) is 5.41. The summed E-state index contributed by atoms with van der Waals surface area (Å²) in [4.78, 5) is 13.4. The van der Waals surface area contributed by atoms with Crippen LogP contribution in [0.5, 0.6) is 0 Å². The van der Waals surface area contributed by atoms with Gasteiger partial charge >= 0.3 is 0 Å². The number of carbonyl (C=O) groups is 1. The van der Waals surface area contributed by atoms with Crippen molar-refractivity contribution in [3.63, 3.8) is 0 Å². The van der Waals surface area contributed by atoms with Gasteiger partial charge in [0.25, 0.3) is 0 Å². The molecule has 1 aliphatic rings. The Morgan fingerprint density at radius 3 is 3.00 bits per heavy atom. The van der Waals surface area contributed by atoms with Gasteiger partial charge in [-0.25, -0.2) is 0 Å². The first-order valence-corrected chi connectivity index (χ1v) is 5.99. The Morgan fingerprint density at radius 2 is 2.29 bits per heavy atom. The number of rotatable bonds is 2. The molecule has 2 rings (SSSR count). The number of nitrogens with zero attached hydrogens (tertiary/aromatic N) is 1. The first-order chi connectivity index (χ1) is 8.20. The number of hydrogen-bond acceptors (Lipinski definition) is 3. The minimum atomic E-state index is -0.0273. The molecule has 92 valence electrons. The van der Waals surface area contributed by atoms with E-state index in [1.807, 2.05) is 17.0 Å². The lowest BCUT2D eigenvalue weighted by Gasteiger charge is -2.22. The van der Waals surface area contributed by atoms with Crippen LogP contribution in [0.2, 0.25) is 5.02 Å². The third-order valence-electron chi connectivity index (χ3n) is 2.80. The monoisotopic (exact) mass is 254 g/mol. The Balaban J connectivity index is 2.23. The molecule has 1 aliphatic heterocycles. The van der Waals surface area contributed by atoms with Gasteiger partial charge in [-0.15, -0.1) is 0 Å². The largest absolute Gasteiger partial charge is 0.392 e. The van der Waals surface area contributed by atoms with Crippen LogP contribution in [0, 0.1) is 0 Å². The van der Waals surface area contributed by atoms with E-state index in [0.717, 1.165) is 24.2 Å². The molecule has 1 heterocycles. The topological polar surface area (TPSA) is 52.6 Å². The molecule has 0 saturated carbocycles. The summed E-state index contributed by atoms with van der Waals surface area (Å²) >= 11 is 6.16. The van der Waals surface area contributed by atoms with E-state index < -0.39 is 0 Å². The quantitative estimate of drug-likeness (QED) is 0.833. The molecule has 0 spiro atoms. The third kappa shape index (κ3) is 2.90. The van der Waals surface area contributed by atoms with Crippen LogP contribution in [-0.4, -0.2) is 30.6 Å². The number of nitrogens with one attached hydrogen (secondary N) is 1. The van der Waals surface area contributed by atoms with E-state index in [9.17, 15) is 4.79 Å². The van der Waals surface area contributed by atoms with E-state index in [2.05, 4.69) is 5.32 Å². The van der Waals surface area contributed by atoms with E-state index in [-0.39, 0.29) is 12.5 Å². The van der Waals surface area contributed by atoms with Crippen LogP contribution in [0.3, 0.4) is 0 Å². The maximum Gasteiger partial charge on any atom is 0.239 e. The van der Waals surface area contributed by atoms with Crippen LogP contribution < -0.4 is 10.2 Å². The van der Waals surface area contributed by atoms with Gasteiger partial charge in [0.05, 0.1) is 23.9 Å². The van der Waals surface area contributed by atoms with Crippen LogP contribution >= 0.6 is 11.6 Å². The first kappa shape index (κ1) is 12.2. The molecule has 0 atom stereocenters. The maximum absolute atomic E-state index is 11.5. The van der Waals surface area contributed by atoms with Gasteiger partial charge in [-0.3, -0.25) is 4.79 Å². The molecule has 0 unspecified atom stereocenters. The van der Waals surface area contributed by atoms with Gasteiger partial charge < -0.3 is 15.3 Å². The molecule has 1 amide bonds. The fourth-order valence-corrected chi connectivity index (χ4v) is 2.24. The highest BCUT2D eigenvalue weighted by molar-refractivity contribution is 6.33. The van der Waals surface area contributed by atoms with Crippen molar-refractivity contribution in [3.8, 4) is 0 Å². The smallest absolute Gasteiger partial charge is 0.239 e. The van der Waals surface area contributed by atoms with E-state index in [0.29, 0.717) is 18.1 Å². The molecular weight excluding hydrogens is 240 g/mol. The zero-order valence-electron chi connectivity index (χ0n) is 9.45. The lowest BCUT2D eigenvalue weighted by atomic mass is 10.2. The van der Waals surface area contributed by atoms with Gasteiger partial charge in [-0.1, -0.05) is 17.7 Å². The van der Waals surface area contributed by atoms with E-state index in [1.165, 1.54) is 0 Å². The second kappa shape index (κ2) is 5.38. The van der Waals surface area contributed by atoms with Crippen molar-refractivity contribution >= 4 is 23.2 Å². The standard InChI is InChI=1S/C12H15ClN2O2/c13-10-6-9(8-16)2-3-11(10)15-5-1-4-14-12(17)7-15/h2-3,6,16H,1,4-5,7-8H2,(H,14,17). The molecular formula is C12H15ClN2O2. The summed E-state index contributed by atoms with van der Waals surface area (Å²) in [5, 5.41) is 12.4. The average molecular weight is 255 g/mol. The molecule has 1 saturated heterocycles. The summed E-state index contributed by atoms with van der Waals surface area (Å²) in [6.07, 6.45) is 0.907. The molecule has 2 N–H and O–H groups in total. The third-order valence-corrected chi connectivity index (χ3v) is 3.10. The number of aliphatic hydroxyl groups is 1. The number of halogens is 1. The zero-order valence-corrected chi connectivity index (χ0v) is 10.2. The minimum absolute atomic E-state index is 0.0183. The number of carbonyl (C=O) groups excluding carboxylic acids is 1. The summed E-state index contributed by atoms with van der Waals surface area (Å²) in [6.45, 7) is 1.82. The number of amides is 1. The van der Waals surface area contributed by atoms with Crippen LogP contribution in [-0.2, 0) is 11.4 Å². The Morgan fingerprint density at radius 1 is 1.47 bits per heavy atom. The lowest BCUT2D eigenvalue weighted by molar-refractivity contribution is -0.119. The summed E-state index contributed by atoms with van der Waals surface area (Å²) in [7, 11) is 0. The van der Waals surface area contributed by atoms with Gasteiger partial charge in [0.2, 0.25) is 5.91 Å². The van der Waals surface area contributed by atoms with E-state index in [1.54, 1.807) is 6.07 Å². The molecule has 0 aliphatic carbocycles. The zero-order chi connectivity index (χ0) is 12.3. The first-order valence-electron chi connectivity index (χ1n) is 5.61. The number of anilines is 1. The van der Waals surface area contributed by atoms with Crippen LogP contribution in [0.1, 0.15) is 12.0 Å². The Hall–Kier alpha value is -1.26. The second-order valence-electron chi connectivity index (χ2n) is 4.07. The number of benzene rings is 1. The number of hydrogen-bond donors (Lipinski definition) is 2. The molecule has 0 aromatic heterocycles. The van der Waals surface area contributed by atoms with E-state index >= 15 is 0 Å². The number of aliphatic hydroxyl groups excluding tert-OH is 1. The average Bonchev–Trinajstić information content (AvgIpc) is 2.53. The van der Waals surface area contributed by atoms with Gasteiger partial charge in [-0.2, -0.15) is 0 Å². The maximum atomic E-state index is 11.5. The van der Waals surface area contributed by atoms with Crippen molar-refractivity contribution in [2.75, 3.05) is 24.5 Å². The van der Waals surface area contributed by atoms with Crippen molar-refractivity contribution in [2.24, 2.45) is 0 Å². The molecule has 1 aromatic rings. The normalized spacial score (nSPS) is 16.6. The van der Waals surface area contributed by atoms with Crippen molar-refractivity contribution in [2.45, 2.75) is 13.0 Å². The van der Waals surface area contributed by atoms with Crippen molar-refractivity contribution in [1.29, 1.82) is 0 Å². The fraction of sp³-hybridized carbons (Fsp3) is 0.417. The summed E-state index contributed by atoms with van der Waals surface area (Å²) < 4.78 is 0. The predicted octanol–water partition coefficient (Wildman–Crippen LogP) is 1.16. The minimum Gasteiger partial charge on any atom is -0.392 e. The highest BCUT2D eigenvalue weighted by Gasteiger charge is 2.17. The van der Waals surface area contributed by atoms with Crippen molar-refractivity contribution in [1.82, 2.24) is 5.32 Å². The molecule has 0 bridgehead atoms. The van der Waals surface area contributed by atoms with E-state index in [4.69, 9.17) is 16.7 Å². The second-order valence-corrected chi connectivity index (χ2v) is 4.48. The molecule has 1 fully saturated rings. The Kier molecular flexibility index (Phi) is 3.86. The van der Waals surface area contributed by atoms with Gasteiger partial charge in [0.1, 0.15) is 0 Å². The van der Waals surface area contributed by atoms with Gasteiger partial charge in [0, 0.05) is 13.1 Å². The van der Waals surface area contributed by atoms with Crippen LogP contribution in [0.15, 0.2) is 18.2 Å². The molecule has 17 heavy (non-hydrogen) atoms. The van der Waals surface area contributed by atoms with Crippen molar-refractivity contribution in [3.05, 3.63) is 28.8 Å². The lowest BCUT2D eigenvalue weighted by Crippen LogP contribution is -2.33. The van der Waals surface area contributed by atoms with Crippen LogP contribution in [0.4, 0.5) is 5.69 Å². The highest BCUT2D eigenvalue weighted by atomic mass is 35.5. The van der Waals surface area contributed by atoms with Gasteiger partial charge in [-0.05, 0) is 24.1 Å². The molecule has 0 radical (unpaired) electrons. The fourth-order valence-electron chi connectivity index (χ4n) is 1.92. The predicted molar refractivity (Wildman–Crippen MR) is 67.2 cm³/mol. The Labute approximate surface area is 105 Å². The SMILES string of the molecule is O=C1CN(c2ccc(CO)cc2Cl)CCCN1. The van der Waals surface area contributed by atoms with Crippen molar-refractivity contribution < 1.29 is 9.90 Å². The summed E-state index contributed by atoms with van der Waals surface area (Å²) in [5.41, 5.74) is 1.62. The molecule has 4 nitrogen and oxygen atoms in total. The Bertz CT molecular complexity index is 423. The molecule has 5 heteroatoms. The van der Waals surface area contributed by atoms with Crippen LogP contribution in [0.25, 0.3) is 0 Å². The van der Waals surface area contributed by atoms with Gasteiger partial charge in [0.15, 0.2) is 0 Å². The molecule has 1 aromatic carbocycles. The highest BCUT2D eigenvalue weighted by Crippen LogP contribution is 2.27. The summed E-state index contributed by atoms with van der Waals surface area (Å²) in [5.74, 6) is 0.0183.